The Balaban J connectivity index is 1.40. The van der Waals surface area contributed by atoms with E-state index in [0.29, 0.717) is 6.42 Å². The van der Waals surface area contributed by atoms with Gasteiger partial charge in [0.25, 0.3) is 0 Å². The molecular formula is C24H27NO5. The molecule has 158 valence electrons. The highest BCUT2D eigenvalue weighted by atomic mass is 16.5. The minimum atomic E-state index is -1.11. The number of carboxylic acids is 1. The van der Waals surface area contributed by atoms with Crippen LogP contribution >= 0.6 is 0 Å². The van der Waals surface area contributed by atoms with E-state index in [0.717, 1.165) is 41.5 Å². The molecule has 1 saturated carbocycles. The zero-order chi connectivity index (χ0) is 21.1. The maximum atomic E-state index is 12.4. The van der Waals surface area contributed by atoms with Crippen molar-refractivity contribution in [3.63, 3.8) is 0 Å². The zero-order valence-electron chi connectivity index (χ0n) is 16.8. The second-order valence-electron chi connectivity index (χ2n) is 8.21. The molecule has 6 heteroatoms. The van der Waals surface area contributed by atoms with Crippen molar-refractivity contribution >= 4 is 12.1 Å². The molecule has 6 nitrogen and oxygen atoms in total. The summed E-state index contributed by atoms with van der Waals surface area (Å²) in [5.41, 5.74) is 4.48. The average molecular weight is 409 g/mol. The Morgan fingerprint density at radius 3 is 2.20 bits per heavy atom. The largest absolute Gasteiger partial charge is 0.480 e. The zero-order valence-corrected chi connectivity index (χ0v) is 16.8. The number of alkyl carbamates (subject to hydrolysis) is 1. The molecule has 2 aliphatic carbocycles. The molecule has 0 heterocycles. The van der Waals surface area contributed by atoms with Crippen molar-refractivity contribution in [1.29, 1.82) is 0 Å². The van der Waals surface area contributed by atoms with Crippen LogP contribution in [0.2, 0.25) is 0 Å². The van der Waals surface area contributed by atoms with Gasteiger partial charge < -0.3 is 20.3 Å². The molecular weight excluding hydrogens is 382 g/mol. The molecule has 0 spiro atoms. The van der Waals surface area contributed by atoms with Crippen molar-refractivity contribution in [2.45, 2.75) is 50.2 Å². The standard InChI is InChI=1S/C24H27NO5/c26-22-12-6-1-7-15(22)13-21(23(27)28)25-24(29)30-14-20-18-10-4-2-8-16(18)17-9-3-5-11-19(17)20/h2-5,8-11,15,20-22,26H,1,6-7,12-14H2,(H,25,29)(H,27,28). The third kappa shape index (κ3) is 4.19. The van der Waals surface area contributed by atoms with Gasteiger partial charge in [-0.1, -0.05) is 61.4 Å². The fraction of sp³-hybridized carbons (Fsp3) is 0.417. The van der Waals surface area contributed by atoms with Crippen LogP contribution in [0.3, 0.4) is 0 Å². The topological polar surface area (TPSA) is 95.9 Å². The molecule has 4 rings (SSSR count). The number of carboxylic acid groups (broad SMARTS) is 1. The Kier molecular flexibility index (Phi) is 6.04. The van der Waals surface area contributed by atoms with Crippen LogP contribution in [0.25, 0.3) is 11.1 Å². The number of aliphatic carboxylic acids is 1. The number of nitrogens with one attached hydrogen (secondary N) is 1. The minimum Gasteiger partial charge on any atom is -0.480 e. The van der Waals surface area contributed by atoms with E-state index in [4.69, 9.17) is 4.74 Å². The van der Waals surface area contributed by atoms with Crippen molar-refractivity contribution in [2.24, 2.45) is 5.92 Å². The lowest BCUT2D eigenvalue weighted by atomic mass is 9.82. The number of fused-ring (bicyclic) bond motifs is 3. The molecule has 2 aromatic rings. The monoisotopic (exact) mass is 409 g/mol. The summed E-state index contributed by atoms with van der Waals surface area (Å²) in [7, 11) is 0. The Bertz CT molecular complexity index is 882. The number of rotatable bonds is 6. The number of aliphatic hydroxyl groups is 1. The maximum Gasteiger partial charge on any atom is 0.407 e. The Hall–Kier alpha value is -2.86. The molecule has 30 heavy (non-hydrogen) atoms. The molecule has 0 bridgehead atoms. The number of benzene rings is 2. The second kappa shape index (κ2) is 8.88. The number of ether oxygens (including phenoxy) is 1. The molecule has 2 aromatic carbocycles. The number of carbonyl (C=O) groups is 2. The van der Waals surface area contributed by atoms with Gasteiger partial charge in [-0.05, 0) is 47.4 Å². The van der Waals surface area contributed by atoms with Gasteiger partial charge >= 0.3 is 12.1 Å². The molecule has 2 aliphatic rings. The van der Waals surface area contributed by atoms with Gasteiger partial charge in [-0.15, -0.1) is 0 Å². The first-order valence-electron chi connectivity index (χ1n) is 10.6. The summed E-state index contributed by atoms with van der Waals surface area (Å²) in [6.07, 6.45) is 2.34. The number of carbonyl (C=O) groups excluding carboxylic acids is 1. The van der Waals surface area contributed by atoms with E-state index in [1.807, 2.05) is 36.4 Å². The highest BCUT2D eigenvalue weighted by molar-refractivity contribution is 5.81. The van der Waals surface area contributed by atoms with Gasteiger partial charge in [0.15, 0.2) is 0 Å². The first-order valence-corrected chi connectivity index (χ1v) is 10.6. The number of hydrogen-bond acceptors (Lipinski definition) is 4. The van der Waals surface area contributed by atoms with Gasteiger partial charge in [0.2, 0.25) is 0 Å². The number of amides is 1. The maximum absolute atomic E-state index is 12.4. The van der Waals surface area contributed by atoms with Gasteiger partial charge in [-0.2, -0.15) is 0 Å². The Labute approximate surface area is 175 Å². The fourth-order valence-corrected chi connectivity index (χ4v) is 4.77. The first-order chi connectivity index (χ1) is 14.5. The molecule has 3 atom stereocenters. The van der Waals surface area contributed by atoms with Crippen molar-refractivity contribution in [1.82, 2.24) is 5.32 Å². The Morgan fingerprint density at radius 1 is 1.00 bits per heavy atom. The quantitative estimate of drug-likeness (QED) is 0.672. The van der Waals surface area contributed by atoms with E-state index in [9.17, 15) is 19.8 Å². The van der Waals surface area contributed by atoms with Gasteiger partial charge in [0, 0.05) is 5.92 Å². The molecule has 3 unspecified atom stereocenters. The summed E-state index contributed by atoms with van der Waals surface area (Å²) in [5, 5.41) is 22.1. The van der Waals surface area contributed by atoms with Crippen LogP contribution in [-0.2, 0) is 9.53 Å². The van der Waals surface area contributed by atoms with Crippen LogP contribution in [-0.4, -0.2) is 41.0 Å². The van der Waals surface area contributed by atoms with Crippen molar-refractivity contribution < 1.29 is 24.5 Å². The predicted octanol–water partition coefficient (Wildman–Crippen LogP) is 3.92. The van der Waals surface area contributed by atoms with Gasteiger partial charge in [0.05, 0.1) is 6.10 Å². The predicted molar refractivity (Wildman–Crippen MR) is 112 cm³/mol. The fourth-order valence-electron chi connectivity index (χ4n) is 4.77. The van der Waals surface area contributed by atoms with Crippen LogP contribution in [0.15, 0.2) is 48.5 Å². The molecule has 0 saturated heterocycles. The Morgan fingerprint density at radius 2 is 1.60 bits per heavy atom. The SMILES string of the molecule is O=C(NC(CC1CCCCC1O)C(=O)O)OCC1c2ccccc2-c2ccccc21. The van der Waals surface area contributed by atoms with Crippen molar-refractivity contribution in [3.05, 3.63) is 59.7 Å². The lowest BCUT2D eigenvalue weighted by molar-refractivity contribution is -0.140. The van der Waals surface area contributed by atoms with Crippen LogP contribution < -0.4 is 5.32 Å². The summed E-state index contributed by atoms with van der Waals surface area (Å²) in [6, 6.07) is 15.0. The summed E-state index contributed by atoms with van der Waals surface area (Å²) in [5.74, 6) is -1.30. The van der Waals surface area contributed by atoms with Gasteiger partial charge in [0.1, 0.15) is 12.6 Å². The third-order valence-electron chi connectivity index (χ3n) is 6.34. The van der Waals surface area contributed by atoms with E-state index in [1.165, 1.54) is 0 Å². The molecule has 3 N–H and O–H groups in total. The second-order valence-corrected chi connectivity index (χ2v) is 8.21. The van der Waals surface area contributed by atoms with Gasteiger partial charge in [-0.25, -0.2) is 9.59 Å². The van der Waals surface area contributed by atoms with E-state index in [1.54, 1.807) is 0 Å². The molecule has 0 radical (unpaired) electrons. The normalized spacial score (nSPS) is 21.4. The molecule has 0 aromatic heterocycles. The van der Waals surface area contributed by atoms with Crippen LogP contribution in [0, 0.1) is 5.92 Å². The van der Waals surface area contributed by atoms with Crippen LogP contribution in [0.1, 0.15) is 49.1 Å². The highest BCUT2D eigenvalue weighted by Crippen LogP contribution is 2.44. The van der Waals surface area contributed by atoms with E-state index < -0.39 is 24.2 Å². The number of aliphatic hydroxyl groups excluding tert-OH is 1. The molecule has 0 aliphatic heterocycles. The summed E-state index contributed by atoms with van der Waals surface area (Å²) < 4.78 is 5.46. The molecule has 1 amide bonds. The van der Waals surface area contributed by atoms with Gasteiger partial charge in [-0.3, -0.25) is 0 Å². The molecule has 1 fully saturated rings. The minimum absolute atomic E-state index is 0.0772. The van der Waals surface area contributed by atoms with E-state index in [-0.39, 0.29) is 24.9 Å². The summed E-state index contributed by atoms with van der Waals surface area (Å²) >= 11 is 0. The lowest BCUT2D eigenvalue weighted by Crippen LogP contribution is -2.44. The summed E-state index contributed by atoms with van der Waals surface area (Å²) in [6.45, 7) is 0.137. The third-order valence-corrected chi connectivity index (χ3v) is 6.34. The highest BCUT2D eigenvalue weighted by Gasteiger charge is 2.32. The van der Waals surface area contributed by atoms with Crippen LogP contribution in [0.5, 0.6) is 0 Å². The lowest BCUT2D eigenvalue weighted by Gasteiger charge is -2.29. The number of hydrogen-bond donors (Lipinski definition) is 3. The average Bonchev–Trinajstić information content (AvgIpc) is 3.07. The van der Waals surface area contributed by atoms with Crippen molar-refractivity contribution in [2.75, 3.05) is 6.61 Å². The van der Waals surface area contributed by atoms with E-state index in [2.05, 4.69) is 17.4 Å². The van der Waals surface area contributed by atoms with Crippen molar-refractivity contribution in [3.8, 4) is 11.1 Å². The first kappa shape index (κ1) is 20.4. The van der Waals surface area contributed by atoms with E-state index >= 15 is 0 Å². The van der Waals surface area contributed by atoms with Crippen LogP contribution in [0.4, 0.5) is 4.79 Å². The smallest absolute Gasteiger partial charge is 0.407 e. The summed E-state index contributed by atoms with van der Waals surface area (Å²) in [4.78, 5) is 24.1.